The van der Waals surface area contributed by atoms with Gasteiger partial charge in [-0.15, -0.1) is 0 Å². The first-order chi connectivity index (χ1) is 8.10. The summed E-state index contributed by atoms with van der Waals surface area (Å²) in [6, 6.07) is 5.02. The number of likely N-dealkylation sites (N-methyl/N-ethyl adjacent to an activating group) is 1. The fourth-order valence-corrected chi connectivity index (χ4v) is 1.86. The summed E-state index contributed by atoms with van der Waals surface area (Å²) in [7, 11) is 1.81. The molecule has 2 nitrogen and oxygen atoms in total. The van der Waals surface area contributed by atoms with Gasteiger partial charge in [-0.1, -0.05) is 18.7 Å². The smallest absolute Gasteiger partial charge is 0.226 e. The number of carbonyl (C=O) groups excluding carboxylic acids is 1. The summed E-state index contributed by atoms with van der Waals surface area (Å²) < 4.78 is 13.3. The van der Waals surface area contributed by atoms with E-state index >= 15 is 0 Å². The Kier molecular flexibility index (Phi) is 3.27. The minimum Gasteiger partial charge on any atom is -0.342 e. The van der Waals surface area contributed by atoms with E-state index in [0.717, 1.165) is 12.8 Å². The molecule has 0 unspecified atom stereocenters. The maximum Gasteiger partial charge on any atom is 0.226 e. The van der Waals surface area contributed by atoms with Crippen molar-refractivity contribution in [3.63, 3.8) is 0 Å². The molecule has 0 saturated heterocycles. The lowest BCUT2D eigenvalue weighted by Crippen LogP contribution is -2.30. The van der Waals surface area contributed by atoms with Gasteiger partial charge in [0.25, 0.3) is 0 Å². The Labute approximate surface area is 101 Å². The Morgan fingerprint density at radius 1 is 1.53 bits per heavy atom. The summed E-state index contributed by atoms with van der Waals surface area (Å²) in [6.07, 6.45) is 4.01. The van der Waals surface area contributed by atoms with Gasteiger partial charge in [-0.05, 0) is 36.1 Å². The highest BCUT2D eigenvalue weighted by molar-refractivity contribution is 5.79. The zero-order chi connectivity index (χ0) is 12.4. The van der Waals surface area contributed by atoms with Crippen molar-refractivity contribution in [1.29, 1.82) is 0 Å². The Bertz CT molecular complexity index is 452. The Morgan fingerprint density at radius 2 is 2.24 bits per heavy atom. The quantitative estimate of drug-likeness (QED) is 0.783. The summed E-state index contributed by atoms with van der Waals surface area (Å²) >= 11 is 0. The van der Waals surface area contributed by atoms with E-state index in [1.807, 2.05) is 7.05 Å². The third-order valence-electron chi connectivity index (χ3n) is 3.06. The number of halogens is 1. The van der Waals surface area contributed by atoms with Crippen molar-refractivity contribution >= 4 is 12.0 Å². The molecule has 1 amide bonds. The van der Waals surface area contributed by atoms with Crippen molar-refractivity contribution in [2.75, 3.05) is 7.05 Å². The molecule has 1 aromatic rings. The van der Waals surface area contributed by atoms with E-state index < -0.39 is 0 Å². The van der Waals surface area contributed by atoms with Crippen molar-refractivity contribution < 1.29 is 9.18 Å². The van der Waals surface area contributed by atoms with Crippen LogP contribution in [-0.4, -0.2) is 23.9 Å². The van der Waals surface area contributed by atoms with Crippen LogP contribution >= 0.6 is 0 Å². The first-order valence-corrected chi connectivity index (χ1v) is 5.77. The molecule has 0 aliphatic heterocycles. The maximum atomic E-state index is 13.3. The van der Waals surface area contributed by atoms with Gasteiger partial charge in [0.1, 0.15) is 5.82 Å². The molecule has 0 atom stereocenters. The number of amides is 1. The maximum absolute atomic E-state index is 13.3. The highest BCUT2D eigenvalue weighted by Gasteiger charge is 2.29. The van der Waals surface area contributed by atoms with Crippen LogP contribution in [0, 0.1) is 5.82 Å². The van der Waals surface area contributed by atoms with E-state index in [2.05, 4.69) is 6.58 Å². The van der Waals surface area contributed by atoms with Crippen LogP contribution in [0.25, 0.3) is 6.08 Å². The number of nitrogens with zero attached hydrogens (tertiary/aromatic N) is 1. The minimum absolute atomic E-state index is 0.0492. The van der Waals surface area contributed by atoms with E-state index in [0.29, 0.717) is 17.2 Å². The first kappa shape index (κ1) is 11.8. The molecule has 17 heavy (non-hydrogen) atoms. The molecular weight excluding hydrogens is 217 g/mol. The Morgan fingerprint density at radius 3 is 2.82 bits per heavy atom. The molecule has 0 spiro atoms. The second-order valence-electron chi connectivity index (χ2n) is 4.51. The zero-order valence-corrected chi connectivity index (χ0v) is 9.95. The van der Waals surface area contributed by atoms with Crippen LogP contribution in [0.3, 0.4) is 0 Å². The molecule has 1 saturated carbocycles. The van der Waals surface area contributed by atoms with E-state index in [1.165, 1.54) is 12.1 Å². The highest BCUT2D eigenvalue weighted by Crippen LogP contribution is 2.26. The van der Waals surface area contributed by atoms with E-state index in [-0.39, 0.29) is 18.1 Å². The zero-order valence-electron chi connectivity index (χ0n) is 9.95. The standard InChI is InChI=1S/C14H16FNO/c1-3-10-6-11(8-12(15)7-10)9-14(17)16(2)13-4-5-13/h3,6-8,13H,1,4-5,9H2,2H3. The largest absolute Gasteiger partial charge is 0.342 e. The van der Waals surface area contributed by atoms with Crippen LogP contribution in [0.4, 0.5) is 4.39 Å². The predicted octanol–water partition coefficient (Wildman–Crippen LogP) is 2.63. The fourth-order valence-electron chi connectivity index (χ4n) is 1.86. The first-order valence-electron chi connectivity index (χ1n) is 5.77. The molecule has 90 valence electrons. The van der Waals surface area contributed by atoms with Crippen LogP contribution in [0.1, 0.15) is 24.0 Å². The number of benzene rings is 1. The van der Waals surface area contributed by atoms with Gasteiger partial charge in [-0.25, -0.2) is 4.39 Å². The van der Waals surface area contributed by atoms with Gasteiger partial charge in [0.15, 0.2) is 0 Å². The SMILES string of the molecule is C=Cc1cc(F)cc(CC(=O)N(C)C2CC2)c1. The average molecular weight is 233 g/mol. The molecule has 1 fully saturated rings. The summed E-state index contributed by atoms with van der Waals surface area (Å²) in [5, 5.41) is 0. The monoisotopic (exact) mass is 233 g/mol. The third kappa shape index (κ3) is 2.93. The van der Waals surface area contributed by atoms with Crippen molar-refractivity contribution in [3.05, 3.63) is 41.7 Å². The molecular formula is C14H16FNO. The van der Waals surface area contributed by atoms with Gasteiger partial charge >= 0.3 is 0 Å². The lowest BCUT2D eigenvalue weighted by Gasteiger charge is -2.16. The normalized spacial score (nSPS) is 14.5. The molecule has 1 aromatic carbocycles. The van der Waals surface area contributed by atoms with Crippen LogP contribution in [0.5, 0.6) is 0 Å². The van der Waals surface area contributed by atoms with Gasteiger partial charge in [-0.2, -0.15) is 0 Å². The molecule has 0 N–H and O–H groups in total. The second-order valence-corrected chi connectivity index (χ2v) is 4.51. The van der Waals surface area contributed by atoms with Crippen LogP contribution < -0.4 is 0 Å². The summed E-state index contributed by atoms with van der Waals surface area (Å²) in [4.78, 5) is 13.6. The Hall–Kier alpha value is -1.64. The van der Waals surface area contributed by atoms with E-state index in [9.17, 15) is 9.18 Å². The lowest BCUT2D eigenvalue weighted by atomic mass is 10.1. The van der Waals surface area contributed by atoms with Gasteiger partial charge in [0.2, 0.25) is 5.91 Å². The molecule has 1 aliphatic carbocycles. The predicted molar refractivity (Wildman–Crippen MR) is 66.0 cm³/mol. The highest BCUT2D eigenvalue weighted by atomic mass is 19.1. The number of rotatable bonds is 4. The van der Waals surface area contributed by atoms with Gasteiger partial charge in [0, 0.05) is 13.1 Å². The molecule has 2 rings (SSSR count). The molecule has 0 aromatic heterocycles. The molecule has 1 aliphatic rings. The lowest BCUT2D eigenvalue weighted by molar-refractivity contribution is -0.129. The Balaban J connectivity index is 2.09. The van der Waals surface area contributed by atoms with Gasteiger partial charge in [-0.3, -0.25) is 4.79 Å². The van der Waals surface area contributed by atoms with E-state index in [4.69, 9.17) is 0 Å². The fraction of sp³-hybridized carbons (Fsp3) is 0.357. The number of hydrogen-bond donors (Lipinski definition) is 0. The second kappa shape index (κ2) is 4.70. The third-order valence-corrected chi connectivity index (χ3v) is 3.06. The van der Waals surface area contributed by atoms with Crippen molar-refractivity contribution in [3.8, 4) is 0 Å². The average Bonchev–Trinajstić information content (AvgIpc) is 3.10. The van der Waals surface area contributed by atoms with Crippen molar-refractivity contribution in [2.45, 2.75) is 25.3 Å². The number of hydrogen-bond acceptors (Lipinski definition) is 1. The molecule has 0 heterocycles. The molecule has 0 radical (unpaired) electrons. The van der Waals surface area contributed by atoms with Crippen molar-refractivity contribution in [1.82, 2.24) is 4.90 Å². The minimum atomic E-state index is -0.320. The van der Waals surface area contributed by atoms with E-state index in [1.54, 1.807) is 17.0 Å². The van der Waals surface area contributed by atoms with Gasteiger partial charge < -0.3 is 4.90 Å². The van der Waals surface area contributed by atoms with Gasteiger partial charge in [0.05, 0.1) is 6.42 Å². The summed E-state index contributed by atoms with van der Waals surface area (Å²) in [6.45, 7) is 3.60. The number of carbonyl (C=O) groups is 1. The molecule has 3 heteroatoms. The summed E-state index contributed by atoms with van der Waals surface area (Å²) in [5.41, 5.74) is 1.42. The van der Waals surface area contributed by atoms with Crippen LogP contribution in [-0.2, 0) is 11.2 Å². The van der Waals surface area contributed by atoms with Crippen LogP contribution in [0.2, 0.25) is 0 Å². The topological polar surface area (TPSA) is 20.3 Å². The van der Waals surface area contributed by atoms with Crippen LogP contribution in [0.15, 0.2) is 24.8 Å². The molecule has 0 bridgehead atoms. The van der Waals surface area contributed by atoms with Crippen molar-refractivity contribution in [2.24, 2.45) is 0 Å². The summed E-state index contributed by atoms with van der Waals surface area (Å²) in [5.74, 6) is -0.271.